The van der Waals surface area contributed by atoms with Gasteiger partial charge in [0, 0.05) is 12.0 Å². The van der Waals surface area contributed by atoms with Gasteiger partial charge in [0.25, 0.3) is 0 Å². The summed E-state index contributed by atoms with van der Waals surface area (Å²) >= 11 is 0. The second-order valence-electron chi connectivity index (χ2n) is 8.78. The molecule has 0 aliphatic rings. The number of carbonyl (C=O) groups excluding carboxylic acids is 3. The summed E-state index contributed by atoms with van der Waals surface area (Å²) in [5.74, 6) is -0.718. The van der Waals surface area contributed by atoms with Gasteiger partial charge in [0.1, 0.15) is 18.2 Å². The van der Waals surface area contributed by atoms with E-state index in [-0.39, 0.29) is 25.2 Å². The first kappa shape index (κ1) is 24.0. The molecule has 3 rings (SSSR count). The Hall–Kier alpha value is -3.67. The molecule has 1 N–H and O–H groups in total. The molecule has 0 saturated heterocycles. The highest BCUT2D eigenvalue weighted by atomic mass is 16.6. The van der Waals surface area contributed by atoms with E-state index in [2.05, 4.69) is 5.32 Å². The fourth-order valence-electron chi connectivity index (χ4n) is 3.41. The van der Waals surface area contributed by atoms with Crippen LogP contribution in [0.4, 0.5) is 4.79 Å². The normalized spacial score (nSPS) is 12.1. The largest absolute Gasteiger partial charge is 0.458 e. The van der Waals surface area contributed by atoms with Crippen LogP contribution in [0.5, 0.6) is 0 Å². The summed E-state index contributed by atoms with van der Waals surface area (Å²) in [7, 11) is 0. The van der Waals surface area contributed by atoms with Gasteiger partial charge in [0.2, 0.25) is 0 Å². The van der Waals surface area contributed by atoms with Gasteiger partial charge in [-0.25, -0.2) is 9.59 Å². The maximum atomic E-state index is 13.0. The molecule has 6 nitrogen and oxygen atoms in total. The van der Waals surface area contributed by atoms with Gasteiger partial charge in [0.15, 0.2) is 5.78 Å². The maximum absolute atomic E-state index is 13.0. The molecule has 0 aromatic heterocycles. The first-order valence-corrected chi connectivity index (χ1v) is 10.9. The van der Waals surface area contributed by atoms with Crippen LogP contribution in [0, 0.1) is 0 Å². The summed E-state index contributed by atoms with van der Waals surface area (Å²) in [5, 5.41) is 4.39. The van der Waals surface area contributed by atoms with Crippen molar-refractivity contribution in [2.75, 3.05) is 0 Å². The van der Waals surface area contributed by atoms with Crippen LogP contribution >= 0.6 is 0 Å². The fraction of sp³-hybridized carbons (Fsp3) is 0.296. The van der Waals surface area contributed by atoms with Crippen molar-refractivity contribution < 1.29 is 23.9 Å². The number of benzene rings is 3. The zero-order valence-corrected chi connectivity index (χ0v) is 19.2. The van der Waals surface area contributed by atoms with E-state index in [9.17, 15) is 14.4 Å². The average Bonchev–Trinajstić information content (AvgIpc) is 2.79. The Morgan fingerprint density at radius 2 is 1.55 bits per heavy atom. The highest BCUT2D eigenvalue weighted by molar-refractivity contribution is 6.08. The smallest absolute Gasteiger partial charge is 0.408 e. The minimum atomic E-state index is -1.01. The SMILES string of the molecule is CC(C)(C)OC(=O)C(CCC(=O)c1cccc2ccccc12)NC(=O)OCc1ccccc1. The van der Waals surface area contributed by atoms with E-state index < -0.39 is 23.7 Å². The molecule has 33 heavy (non-hydrogen) atoms. The molecule has 1 unspecified atom stereocenters. The molecule has 0 spiro atoms. The third-order valence-corrected chi connectivity index (χ3v) is 4.95. The number of ether oxygens (including phenoxy) is 2. The van der Waals surface area contributed by atoms with E-state index in [1.54, 1.807) is 26.8 Å². The van der Waals surface area contributed by atoms with Crippen molar-refractivity contribution >= 4 is 28.6 Å². The Bertz CT molecular complexity index is 1110. The summed E-state index contributed by atoms with van der Waals surface area (Å²) in [6.45, 7) is 5.31. The highest BCUT2D eigenvalue weighted by Crippen LogP contribution is 2.21. The lowest BCUT2D eigenvalue weighted by atomic mass is 9.97. The topological polar surface area (TPSA) is 81.7 Å². The Morgan fingerprint density at radius 3 is 2.27 bits per heavy atom. The molecular formula is C27H29NO5. The molecule has 3 aromatic rings. The third kappa shape index (κ3) is 7.17. The molecule has 0 saturated carbocycles. The number of fused-ring (bicyclic) bond motifs is 1. The van der Waals surface area contributed by atoms with E-state index in [0.29, 0.717) is 5.56 Å². The van der Waals surface area contributed by atoms with Crippen LogP contribution in [0.2, 0.25) is 0 Å². The quantitative estimate of drug-likeness (QED) is 0.367. The minimum absolute atomic E-state index is 0.0664. The number of alkyl carbamates (subject to hydrolysis) is 1. The molecule has 3 aromatic carbocycles. The van der Waals surface area contributed by atoms with Gasteiger partial charge in [-0.15, -0.1) is 0 Å². The third-order valence-electron chi connectivity index (χ3n) is 4.95. The number of esters is 1. The van der Waals surface area contributed by atoms with E-state index in [4.69, 9.17) is 9.47 Å². The average molecular weight is 448 g/mol. The number of ketones is 1. The van der Waals surface area contributed by atoms with Gasteiger partial charge in [-0.1, -0.05) is 72.8 Å². The number of carbonyl (C=O) groups is 3. The number of hydrogen-bond acceptors (Lipinski definition) is 5. The molecular weight excluding hydrogens is 418 g/mol. The molecule has 6 heteroatoms. The standard InChI is InChI=1S/C27H29NO5/c1-27(2,3)33-25(30)23(28-26(31)32-18-19-10-5-4-6-11-19)16-17-24(29)22-15-9-13-20-12-7-8-14-21(20)22/h4-15,23H,16-18H2,1-3H3,(H,28,31). The zero-order chi connectivity index (χ0) is 23.8. The molecule has 1 atom stereocenters. The number of nitrogens with one attached hydrogen (secondary N) is 1. The highest BCUT2D eigenvalue weighted by Gasteiger charge is 2.28. The fourth-order valence-corrected chi connectivity index (χ4v) is 3.41. The van der Waals surface area contributed by atoms with Crippen molar-refractivity contribution in [2.45, 2.75) is 51.9 Å². The van der Waals surface area contributed by atoms with Crippen LogP contribution in [0.3, 0.4) is 0 Å². The van der Waals surface area contributed by atoms with Crippen LogP contribution in [0.15, 0.2) is 72.8 Å². The van der Waals surface area contributed by atoms with Crippen LogP contribution in [-0.2, 0) is 20.9 Å². The van der Waals surface area contributed by atoms with Gasteiger partial charge in [-0.05, 0) is 43.5 Å². The van der Waals surface area contributed by atoms with E-state index >= 15 is 0 Å². The van der Waals surface area contributed by atoms with Crippen LogP contribution < -0.4 is 5.32 Å². The summed E-state index contributed by atoms with van der Waals surface area (Å²) in [6.07, 6.45) is -0.582. The van der Waals surface area contributed by atoms with Crippen LogP contribution in [0.1, 0.15) is 49.5 Å². The summed E-state index contributed by atoms with van der Waals surface area (Å²) in [6, 6.07) is 21.4. The lowest BCUT2D eigenvalue weighted by Crippen LogP contribution is -2.44. The number of hydrogen-bond donors (Lipinski definition) is 1. The van der Waals surface area contributed by atoms with Crippen molar-refractivity contribution in [1.29, 1.82) is 0 Å². The van der Waals surface area contributed by atoms with Crippen molar-refractivity contribution in [2.24, 2.45) is 0 Å². The first-order valence-electron chi connectivity index (χ1n) is 10.9. The first-order chi connectivity index (χ1) is 15.7. The Morgan fingerprint density at radius 1 is 0.879 bits per heavy atom. The van der Waals surface area contributed by atoms with Gasteiger partial charge >= 0.3 is 12.1 Å². The summed E-state index contributed by atoms with van der Waals surface area (Å²) < 4.78 is 10.7. The van der Waals surface area contributed by atoms with Gasteiger partial charge in [-0.3, -0.25) is 4.79 Å². The molecule has 0 heterocycles. The Balaban J connectivity index is 1.67. The predicted octanol–water partition coefficient (Wildman–Crippen LogP) is 5.44. The molecule has 0 fully saturated rings. The monoisotopic (exact) mass is 447 g/mol. The zero-order valence-electron chi connectivity index (χ0n) is 19.2. The van der Waals surface area contributed by atoms with Crippen molar-refractivity contribution in [3.8, 4) is 0 Å². The van der Waals surface area contributed by atoms with E-state index in [1.165, 1.54) is 0 Å². The van der Waals surface area contributed by atoms with E-state index in [0.717, 1.165) is 16.3 Å². The molecule has 0 bridgehead atoms. The Labute approximate surface area is 193 Å². The molecule has 0 radical (unpaired) electrons. The molecule has 0 aliphatic carbocycles. The van der Waals surface area contributed by atoms with Gasteiger partial charge in [0.05, 0.1) is 0 Å². The van der Waals surface area contributed by atoms with Gasteiger partial charge < -0.3 is 14.8 Å². The maximum Gasteiger partial charge on any atom is 0.408 e. The lowest BCUT2D eigenvalue weighted by molar-refractivity contribution is -0.157. The van der Waals surface area contributed by atoms with Gasteiger partial charge in [-0.2, -0.15) is 0 Å². The summed E-state index contributed by atoms with van der Waals surface area (Å²) in [4.78, 5) is 38.1. The van der Waals surface area contributed by atoms with E-state index in [1.807, 2.05) is 66.7 Å². The molecule has 172 valence electrons. The van der Waals surface area contributed by atoms with Crippen LogP contribution in [-0.4, -0.2) is 29.5 Å². The minimum Gasteiger partial charge on any atom is -0.458 e. The Kier molecular flexibility index (Phi) is 7.83. The van der Waals surface area contributed by atoms with Crippen LogP contribution in [0.25, 0.3) is 10.8 Å². The summed E-state index contributed by atoms with van der Waals surface area (Å²) in [5.41, 5.74) is 0.681. The lowest BCUT2D eigenvalue weighted by Gasteiger charge is -2.24. The van der Waals surface area contributed by atoms with Crippen molar-refractivity contribution in [3.63, 3.8) is 0 Å². The van der Waals surface area contributed by atoms with Crippen molar-refractivity contribution in [3.05, 3.63) is 83.9 Å². The second kappa shape index (κ2) is 10.8. The molecule has 0 aliphatic heterocycles. The predicted molar refractivity (Wildman–Crippen MR) is 127 cm³/mol. The number of rotatable bonds is 8. The number of amides is 1. The van der Waals surface area contributed by atoms with Crippen molar-refractivity contribution in [1.82, 2.24) is 5.32 Å². The number of Topliss-reactive ketones (excluding diaryl/α,β-unsaturated/α-hetero) is 1. The second-order valence-corrected chi connectivity index (χ2v) is 8.78. The molecule has 1 amide bonds.